The van der Waals surface area contributed by atoms with Crippen LogP contribution in [0.1, 0.15) is 23.9 Å². The van der Waals surface area contributed by atoms with Gasteiger partial charge in [0, 0.05) is 12.6 Å². The van der Waals surface area contributed by atoms with Gasteiger partial charge in [-0.05, 0) is 36.4 Å². The van der Waals surface area contributed by atoms with Gasteiger partial charge in [-0.1, -0.05) is 11.6 Å². The first-order valence-electron chi connectivity index (χ1n) is 7.37. The van der Waals surface area contributed by atoms with Crippen LogP contribution in [-0.4, -0.2) is 44.2 Å². The number of tetrazole rings is 1. The van der Waals surface area contributed by atoms with E-state index in [2.05, 4.69) is 20.8 Å². The van der Waals surface area contributed by atoms with Crippen molar-refractivity contribution in [1.82, 2.24) is 30.4 Å². The van der Waals surface area contributed by atoms with Gasteiger partial charge < -0.3 is 10.1 Å². The topological polar surface area (TPSA) is 102 Å². The normalized spacial score (nSPS) is 20.4. The average Bonchev–Trinajstić information content (AvgIpc) is 3.05. The van der Waals surface area contributed by atoms with Crippen molar-refractivity contribution in [2.45, 2.75) is 25.9 Å². The standard InChI is InChI=1S/C15H18N6O3/c1-9-5-6-11(24-4)10(7-9)15(2)13(22)21(14(23)16-15)8-12-17-18-19-20(12)3/h5-7H,8H2,1-4H3,(H,16,23). The third kappa shape index (κ3) is 2.38. The molecule has 126 valence electrons. The number of nitrogens with one attached hydrogen (secondary N) is 1. The zero-order chi connectivity index (χ0) is 17.5. The van der Waals surface area contributed by atoms with Gasteiger partial charge in [-0.15, -0.1) is 5.10 Å². The molecule has 24 heavy (non-hydrogen) atoms. The second-order valence-electron chi connectivity index (χ2n) is 5.87. The molecular weight excluding hydrogens is 312 g/mol. The number of methoxy groups -OCH3 is 1. The molecule has 1 aliphatic rings. The summed E-state index contributed by atoms with van der Waals surface area (Å²) in [5.41, 5.74) is 0.368. The number of hydrogen-bond acceptors (Lipinski definition) is 6. The Morgan fingerprint density at radius 1 is 1.33 bits per heavy atom. The zero-order valence-corrected chi connectivity index (χ0v) is 13.9. The number of benzene rings is 1. The fraction of sp³-hybridized carbons (Fsp3) is 0.400. The molecule has 1 N–H and O–H groups in total. The molecule has 2 aromatic rings. The maximum absolute atomic E-state index is 13.0. The predicted octanol–water partition coefficient (Wildman–Crippen LogP) is 0.494. The molecule has 1 fully saturated rings. The summed E-state index contributed by atoms with van der Waals surface area (Å²) >= 11 is 0. The fourth-order valence-corrected chi connectivity index (χ4v) is 2.76. The lowest BCUT2D eigenvalue weighted by molar-refractivity contribution is -0.131. The van der Waals surface area contributed by atoms with Crippen molar-refractivity contribution in [2.24, 2.45) is 7.05 Å². The predicted molar refractivity (Wildman–Crippen MR) is 83.0 cm³/mol. The van der Waals surface area contributed by atoms with Gasteiger partial charge in [0.25, 0.3) is 5.91 Å². The summed E-state index contributed by atoms with van der Waals surface area (Å²) in [5, 5.41) is 13.8. The summed E-state index contributed by atoms with van der Waals surface area (Å²) in [4.78, 5) is 26.4. The molecule has 3 rings (SSSR count). The molecule has 9 nitrogen and oxygen atoms in total. The average molecular weight is 330 g/mol. The highest BCUT2D eigenvalue weighted by atomic mass is 16.5. The number of hydrogen-bond donors (Lipinski definition) is 1. The fourth-order valence-electron chi connectivity index (χ4n) is 2.76. The summed E-state index contributed by atoms with van der Waals surface area (Å²) in [6.07, 6.45) is 0. The van der Waals surface area contributed by atoms with Crippen LogP contribution in [0.3, 0.4) is 0 Å². The first kappa shape index (κ1) is 15.9. The van der Waals surface area contributed by atoms with Crippen LogP contribution in [0.2, 0.25) is 0 Å². The van der Waals surface area contributed by atoms with Crippen LogP contribution in [0.25, 0.3) is 0 Å². The Hall–Kier alpha value is -2.97. The van der Waals surface area contributed by atoms with Gasteiger partial charge in [0.15, 0.2) is 5.82 Å². The molecule has 0 saturated carbocycles. The van der Waals surface area contributed by atoms with Crippen LogP contribution in [0.4, 0.5) is 4.79 Å². The van der Waals surface area contributed by atoms with E-state index in [9.17, 15) is 9.59 Å². The van der Waals surface area contributed by atoms with E-state index in [-0.39, 0.29) is 12.5 Å². The van der Waals surface area contributed by atoms with Crippen molar-refractivity contribution < 1.29 is 14.3 Å². The molecule has 1 saturated heterocycles. The summed E-state index contributed by atoms with van der Waals surface area (Å²) in [6, 6.07) is 5.01. The van der Waals surface area contributed by atoms with Crippen molar-refractivity contribution in [3.8, 4) is 5.75 Å². The molecule has 2 heterocycles. The van der Waals surface area contributed by atoms with Crippen LogP contribution in [-0.2, 0) is 23.9 Å². The van der Waals surface area contributed by atoms with Gasteiger partial charge in [0.05, 0.1) is 13.7 Å². The number of urea groups is 1. The Bertz CT molecular complexity index is 817. The molecule has 0 spiro atoms. The number of rotatable bonds is 4. The molecule has 0 aliphatic carbocycles. The molecule has 0 radical (unpaired) electrons. The quantitative estimate of drug-likeness (QED) is 0.819. The number of aryl methyl sites for hydroxylation is 2. The van der Waals surface area contributed by atoms with Crippen LogP contribution in [0.15, 0.2) is 18.2 Å². The molecular formula is C15H18N6O3. The largest absolute Gasteiger partial charge is 0.496 e. The van der Waals surface area contributed by atoms with Gasteiger partial charge in [0.2, 0.25) is 0 Å². The van der Waals surface area contributed by atoms with E-state index in [0.29, 0.717) is 17.1 Å². The minimum atomic E-state index is -1.21. The van der Waals surface area contributed by atoms with E-state index in [1.165, 1.54) is 11.8 Å². The molecule has 9 heteroatoms. The number of amides is 3. The Morgan fingerprint density at radius 2 is 2.08 bits per heavy atom. The lowest BCUT2D eigenvalue weighted by atomic mass is 9.90. The maximum atomic E-state index is 13.0. The smallest absolute Gasteiger partial charge is 0.325 e. The molecule has 1 aromatic heterocycles. The summed E-state index contributed by atoms with van der Waals surface area (Å²) in [6.45, 7) is 3.58. The van der Waals surface area contributed by atoms with Crippen molar-refractivity contribution in [1.29, 1.82) is 0 Å². The highest BCUT2D eigenvalue weighted by Gasteiger charge is 2.50. The van der Waals surface area contributed by atoms with Crippen molar-refractivity contribution in [3.63, 3.8) is 0 Å². The van der Waals surface area contributed by atoms with E-state index < -0.39 is 11.6 Å². The van der Waals surface area contributed by atoms with Crippen LogP contribution >= 0.6 is 0 Å². The number of imide groups is 1. The van der Waals surface area contributed by atoms with Gasteiger partial charge >= 0.3 is 6.03 Å². The highest BCUT2D eigenvalue weighted by Crippen LogP contribution is 2.35. The molecule has 1 atom stereocenters. The van der Waals surface area contributed by atoms with Crippen LogP contribution < -0.4 is 10.1 Å². The number of aromatic nitrogens is 4. The van der Waals surface area contributed by atoms with Crippen molar-refractivity contribution >= 4 is 11.9 Å². The Labute approximate surface area is 138 Å². The van der Waals surface area contributed by atoms with E-state index >= 15 is 0 Å². The molecule has 3 amide bonds. The summed E-state index contributed by atoms with van der Waals surface area (Å²) < 4.78 is 6.78. The lowest BCUT2D eigenvalue weighted by Gasteiger charge is -2.24. The van der Waals surface area contributed by atoms with Crippen molar-refractivity contribution in [3.05, 3.63) is 35.2 Å². The number of carbonyl (C=O) groups is 2. The third-order valence-corrected chi connectivity index (χ3v) is 4.18. The first-order valence-corrected chi connectivity index (χ1v) is 7.37. The zero-order valence-electron chi connectivity index (χ0n) is 13.9. The molecule has 0 bridgehead atoms. The Kier molecular flexibility index (Phi) is 3.70. The van der Waals surface area contributed by atoms with Gasteiger partial charge in [-0.2, -0.15) is 0 Å². The van der Waals surface area contributed by atoms with Gasteiger partial charge in [-0.3, -0.25) is 9.69 Å². The number of ether oxygens (including phenoxy) is 1. The number of carbonyl (C=O) groups excluding carboxylic acids is 2. The maximum Gasteiger partial charge on any atom is 0.325 e. The van der Waals surface area contributed by atoms with Crippen LogP contribution in [0, 0.1) is 6.92 Å². The van der Waals surface area contributed by atoms with Gasteiger partial charge in [0.1, 0.15) is 11.3 Å². The third-order valence-electron chi connectivity index (χ3n) is 4.18. The number of nitrogens with zero attached hydrogens (tertiary/aromatic N) is 5. The molecule has 1 unspecified atom stereocenters. The Morgan fingerprint density at radius 3 is 2.71 bits per heavy atom. The summed E-state index contributed by atoms with van der Waals surface area (Å²) in [5.74, 6) is 0.581. The van der Waals surface area contributed by atoms with E-state index in [0.717, 1.165) is 10.5 Å². The molecule has 1 aromatic carbocycles. The second kappa shape index (κ2) is 5.59. The summed E-state index contributed by atoms with van der Waals surface area (Å²) in [7, 11) is 3.18. The van der Waals surface area contributed by atoms with Gasteiger partial charge in [-0.25, -0.2) is 9.48 Å². The monoisotopic (exact) mass is 330 g/mol. The van der Waals surface area contributed by atoms with Crippen molar-refractivity contribution in [2.75, 3.05) is 7.11 Å². The minimum absolute atomic E-state index is 0.00210. The SMILES string of the molecule is COc1ccc(C)cc1C1(C)NC(=O)N(Cc2nnnn2C)C1=O. The lowest BCUT2D eigenvalue weighted by Crippen LogP contribution is -2.41. The van der Waals surface area contributed by atoms with E-state index in [1.807, 2.05) is 19.1 Å². The highest BCUT2D eigenvalue weighted by molar-refractivity contribution is 6.07. The molecule has 1 aliphatic heterocycles. The first-order chi connectivity index (χ1) is 11.4. The Balaban J connectivity index is 1.98. The van der Waals surface area contributed by atoms with E-state index in [1.54, 1.807) is 20.0 Å². The minimum Gasteiger partial charge on any atom is -0.496 e. The van der Waals surface area contributed by atoms with Crippen LogP contribution in [0.5, 0.6) is 5.75 Å². The second-order valence-corrected chi connectivity index (χ2v) is 5.87. The van der Waals surface area contributed by atoms with E-state index in [4.69, 9.17) is 4.74 Å².